The molecule has 1 aromatic carbocycles. The van der Waals surface area contributed by atoms with E-state index in [2.05, 4.69) is 0 Å². The van der Waals surface area contributed by atoms with Crippen molar-refractivity contribution in [3.05, 3.63) is 29.8 Å². The van der Waals surface area contributed by atoms with Gasteiger partial charge in [0, 0.05) is 13.1 Å². The summed E-state index contributed by atoms with van der Waals surface area (Å²) in [5.41, 5.74) is -1.76. The zero-order chi connectivity index (χ0) is 15.0. The molecule has 8 heteroatoms. The Kier molecular flexibility index (Phi) is 3.97. The second-order valence-corrected chi connectivity index (χ2v) is 6.35. The topological polar surface area (TPSA) is 74.7 Å². The fourth-order valence-electron chi connectivity index (χ4n) is 1.27. The standard InChI is InChI=1S/C11H13F2NO4S/c1-11(2,10(15)16)14(3)19(17,18)9-5-4-7(12)6-8(9)13/h4-6H,1-3H3,(H,15,16). The summed E-state index contributed by atoms with van der Waals surface area (Å²) >= 11 is 0. The average molecular weight is 293 g/mol. The van der Waals surface area contributed by atoms with Crippen LogP contribution >= 0.6 is 0 Å². The molecule has 0 aliphatic heterocycles. The van der Waals surface area contributed by atoms with Crippen LogP contribution in [-0.4, -0.2) is 36.4 Å². The molecule has 5 nitrogen and oxygen atoms in total. The molecule has 19 heavy (non-hydrogen) atoms. The predicted molar refractivity (Wildman–Crippen MR) is 63.0 cm³/mol. The van der Waals surface area contributed by atoms with Crippen LogP contribution in [0.15, 0.2) is 23.1 Å². The van der Waals surface area contributed by atoms with Crippen molar-refractivity contribution >= 4 is 16.0 Å². The largest absolute Gasteiger partial charge is 0.480 e. The molecule has 1 rings (SSSR count). The van der Waals surface area contributed by atoms with Crippen molar-refractivity contribution in [2.45, 2.75) is 24.3 Å². The molecule has 0 amide bonds. The Morgan fingerprint density at radius 2 is 1.84 bits per heavy atom. The number of hydrogen-bond donors (Lipinski definition) is 1. The second-order valence-electron chi connectivity index (χ2n) is 4.41. The zero-order valence-corrected chi connectivity index (χ0v) is 11.3. The number of carboxylic acid groups (broad SMARTS) is 1. The molecule has 0 bridgehead atoms. The van der Waals surface area contributed by atoms with Crippen molar-refractivity contribution in [3.8, 4) is 0 Å². The molecule has 0 saturated heterocycles. The fraction of sp³-hybridized carbons (Fsp3) is 0.364. The van der Waals surface area contributed by atoms with Crippen LogP contribution < -0.4 is 0 Å². The van der Waals surface area contributed by atoms with E-state index in [-0.39, 0.29) is 0 Å². The van der Waals surface area contributed by atoms with E-state index < -0.39 is 38.1 Å². The lowest BCUT2D eigenvalue weighted by atomic mass is 10.1. The Morgan fingerprint density at radius 1 is 1.32 bits per heavy atom. The Bertz CT molecular complexity index is 613. The van der Waals surface area contributed by atoms with Gasteiger partial charge in [-0.3, -0.25) is 4.79 Å². The lowest BCUT2D eigenvalue weighted by Crippen LogP contribution is -2.50. The minimum atomic E-state index is -4.38. The van der Waals surface area contributed by atoms with Crippen LogP contribution in [-0.2, 0) is 14.8 Å². The maximum Gasteiger partial charge on any atom is 0.324 e. The molecular formula is C11H13F2NO4S. The van der Waals surface area contributed by atoms with Crippen LogP contribution in [0.3, 0.4) is 0 Å². The number of carbonyl (C=O) groups is 1. The Hall–Kier alpha value is -1.54. The monoisotopic (exact) mass is 293 g/mol. The van der Waals surface area contributed by atoms with E-state index in [1.807, 2.05) is 0 Å². The van der Waals surface area contributed by atoms with E-state index in [9.17, 15) is 22.0 Å². The summed E-state index contributed by atoms with van der Waals surface area (Å²) in [6.45, 7) is 2.32. The highest BCUT2D eigenvalue weighted by atomic mass is 32.2. The SMILES string of the molecule is CN(C(C)(C)C(=O)O)S(=O)(=O)c1ccc(F)cc1F. The lowest BCUT2D eigenvalue weighted by molar-refractivity contribution is -0.145. The van der Waals surface area contributed by atoms with E-state index in [1.165, 1.54) is 0 Å². The fourth-order valence-corrected chi connectivity index (χ4v) is 2.79. The first-order valence-electron chi connectivity index (χ1n) is 5.18. The number of aliphatic carboxylic acids is 1. The van der Waals surface area contributed by atoms with Crippen molar-refractivity contribution in [3.63, 3.8) is 0 Å². The molecule has 0 aliphatic rings. The summed E-state index contributed by atoms with van der Waals surface area (Å²) in [5, 5.41) is 8.98. The van der Waals surface area contributed by atoms with Crippen molar-refractivity contribution < 1.29 is 27.1 Å². The molecular weight excluding hydrogens is 280 g/mol. The summed E-state index contributed by atoms with van der Waals surface area (Å²) in [5.74, 6) is -3.58. The van der Waals surface area contributed by atoms with Crippen molar-refractivity contribution in [2.24, 2.45) is 0 Å². The van der Waals surface area contributed by atoms with Crippen LogP contribution in [0.5, 0.6) is 0 Å². The predicted octanol–water partition coefficient (Wildman–Crippen LogP) is 1.45. The normalized spacial score (nSPS) is 12.7. The highest BCUT2D eigenvalue weighted by Gasteiger charge is 2.41. The molecule has 0 spiro atoms. The third-order valence-electron chi connectivity index (χ3n) is 2.84. The van der Waals surface area contributed by atoms with Gasteiger partial charge in [-0.2, -0.15) is 4.31 Å². The first-order valence-corrected chi connectivity index (χ1v) is 6.62. The van der Waals surface area contributed by atoms with E-state index >= 15 is 0 Å². The summed E-state index contributed by atoms with van der Waals surface area (Å²) in [6, 6.07) is 1.97. The molecule has 1 aromatic rings. The Labute approximate surface area is 109 Å². The van der Waals surface area contributed by atoms with Gasteiger partial charge in [0.05, 0.1) is 0 Å². The second kappa shape index (κ2) is 4.86. The van der Waals surface area contributed by atoms with Crippen LogP contribution in [0.25, 0.3) is 0 Å². The van der Waals surface area contributed by atoms with Gasteiger partial charge in [0.2, 0.25) is 10.0 Å². The molecule has 0 unspecified atom stereocenters. The van der Waals surface area contributed by atoms with E-state index in [4.69, 9.17) is 5.11 Å². The molecule has 0 aromatic heterocycles. The number of halogens is 2. The molecule has 106 valence electrons. The lowest BCUT2D eigenvalue weighted by Gasteiger charge is -2.30. The third-order valence-corrected chi connectivity index (χ3v) is 4.91. The van der Waals surface area contributed by atoms with Gasteiger partial charge >= 0.3 is 5.97 Å². The molecule has 0 fully saturated rings. The van der Waals surface area contributed by atoms with Gasteiger partial charge in [0.25, 0.3) is 0 Å². The van der Waals surface area contributed by atoms with Crippen molar-refractivity contribution in [1.29, 1.82) is 0 Å². The zero-order valence-electron chi connectivity index (χ0n) is 10.5. The number of benzene rings is 1. The van der Waals surface area contributed by atoms with E-state index in [1.54, 1.807) is 0 Å². The number of rotatable bonds is 4. The van der Waals surface area contributed by atoms with E-state index in [0.717, 1.165) is 33.0 Å². The van der Waals surface area contributed by atoms with Crippen molar-refractivity contribution in [2.75, 3.05) is 7.05 Å². The van der Waals surface area contributed by atoms with Crippen LogP contribution in [0.4, 0.5) is 8.78 Å². The molecule has 0 heterocycles. The van der Waals surface area contributed by atoms with Gasteiger partial charge in [-0.05, 0) is 26.0 Å². The summed E-state index contributed by atoms with van der Waals surface area (Å²) < 4.78 is 51.0. The summed E-state index contributed by atoms with van der Waals surface area (Å²) in [4.78, 5) is 10.2. The Morgan fingerprint density at radius 3 is 2.26 bits per heavy atom. The van der Waals surface area contributed by atoms with Crippen LogP contribution in [0, 0.1) is 11.6 Å². The molecule has 0 atom stereocenters. The van der Waals surface area contributed by atoms with Crippen LogP contribution in [0.1, 0.15) is 13.8 Å². The average Bonchev–Trinajstić information content (AvgIpc) is 2.27. The molecule has 0 aliphatic carbocycles. The maximum atomic E-state index is 13.5. The number of carboxylic acids is 1. The minimum absolute atomic E-state index is 0.425. The first-order chi connectivity index (χ1) is 8.51. The Balaban J connectivity index is 3.36. The maximum absolute atomic E-state index is 13.5. The summed E-state index contributed by atoms with van der Waals surface area (Å²) in [6.07, 6.45) is 0. The van der Waals surface area contributed by atoms with Gasteiger partial charge in [-0.25, -0.2) is 17.2 Å². The number of nitrogens with zero attached hydrogens (tertiary/aromatic N) is 1. The molecule has 1 N–H and O–H groups in total. The van der Waals surface area contributed by atoms with Crippen molar-refractivity contribution in [1.82, 2.24) is 4.31 Å². The number of sulfonamides is 1. The number of likely N-dealkylation sites (N-methyl/N-ethyl adjacent to an activating group) is 1. The molecule has 0 radical (unpaired) electrons. The molecule has 0 saturated carbocycles. The van der Waals surface area contributed by atoms with Gasteiger partial charge in [0.15, 0.2) is 0 Å². The van der Waals surface area contributed by atoms with Gasteiger partial charge in [0.1, 0.15) is 22.1 Å². The van der Waals surface area contributed by atoms with Crippen LogP contribution in [0.2, 0.25) is 0 Å². The van der Waals surface area contributed by atoms with Gasteiger partial charge < -0.3 is 5.11 Å². The smallest absolute Gasteiger partial charge is 0.324 e. The first kappa shape index (κ1) is 15.5. The van der Waals surface area contributed by atoms with E-state index in [0.29, 0.717) is 10.4 Å². The highest BCUT2D eigenvalue weighted by molar-refractivity contribution is 7.89. The van der Waals surface area contributed by atoms with Gasteiger partial charge in [-0.1, -0.05) is 0 Å². The van der Waals surface area contributed by atoms with Gasteiger partial charge in [-0.15, -0.1) is 0 Å². The minimum Gasteiger partial charge on any atom is -0.480 e. The quantitative estimate of drug-likeness (QED) is 0.911. The third kappa shape index (κ3) is 2.74. The summed E-state index contributed by atoms with van der Waals surface area (Å²) in [7, 11) is -3.36. The highest BCUT2D eigenvalue weighted by Crippen LogP contribution is 2.25. The number of hydrogen-bond acceptors (Lipinski definition) is 3.